The first-order valence-corrected chi connectivity index (χ1v) is 8.25. The first-order valence-electron chi connectivity index (χ1n) is 8.25. The molecule has 0 amide bonds. The normalized spacial score (nSPS) is 12.4. The summed E-state index contributed by atoms with van der Waals surface area (Å²) in [5, 5.41) is 0. The van der Waals surface area contributed by atoms with Crippen molar-refractivity contribution in [2.24, 2.45) is 5.84 Å². The van der Waals surface area contributed by atoms with E-state index >= 15 is 0 Å². The molecule has 0 aliphatic rings. The molecule has 3 nitrogen and oxygen atoms in total. The van der Waals surface area contributed by atoms with E-state index < -0.39 is 0 Å². The highest BCUT2D eigenvalue weighted by molar-refractivity contribution is 5.46. The van der Waals surface area contributed by atoms with Crippen LogP contribution in [0.2, 0.25) is 0 Å². The Bertz CT molecular complexity index is 418. The fourth-order valence-electron chi connectivity index (χ4n) is 2.81. The molecule has 1 atom stereocenters. The van der Waals surface area contributed by atoms with E-state index in [0.717, 1.165) is 12.2 Å². The van der Waals surface area contributed by atoms with E-state index in [1.54, 1.807) is 7.11 Å². The van der Waals surface area contributed by atoms with Gasteiger partial charge >= 0.3 is 0 Å². The Hall–Kier alpha value is -1.06. The molecule has 0 fully saturated rings. The first kappa shape index (κ1) is 18.0. The predicted octanol–water partition coefficient (Wildman–Crippen LogP) is 4.57. The molecular weight excluding hydrogens is 260 g/mol. The molecule has 0 saturated heterocycles. The molecule has 1 aromatic rings. The maximum atomic E-state index is 5.77. The summed E-state index contributed by atoms with van der Waals surface area (Å²) in [6.07, 6.45) is 8.87. The van der Waals surface area contributed by atoms with E-state index in [2.05, 4.69) is 38.3 Å². The third kappa shape index (κ3) is 5.33. The molecule has 3 heteroatoms. The van der Waals surface area contributed by atoms with Crippen LogP contribution < -0.4 is 16.0 Å². The van der Waals surface area contributed by atoms with E-state index in [1.807, 2.05) is 0 Å². The van der Waals surface area contributed by atoms with Crippen LogP contribution >= 0.6 is 0 Å². The third-order valence-corrected chi connectivity index (χ3v) is 4.33. The van der Waals surface area contributed by atoms with Crippen LogP contribution in [0.25, 0.3) is 0 Å². The lowest BCUT2D eigenvalue weighted by atomic mass is 9.95. The number of hydrogen-bond acceptors (Lipinski definition) is 3. The molecule has 120 valence electrons. The van der Waals surface area contributed by atoms with Gasteiger partial charge in [0.05, 0.1) is 7.11 Å². The van der Waals surface area contributed by atoms with Crippen LogP contribution in [-0.2, 0) is 0 Å². The second kappa shape index (κ2) is 9.80. The molecule has 21 heavy (non-hydrogen) atoms. The Morgan fingerprint density at radius 2 is 1.76 bits per heavy atom. The summed E-state index contributed by atoms with van der Waals surface area (Å²) in [6, 6.07) is 4.46. The summed E-state index contributed by atoms with van der Waals surface area (Å²) in [5.74, 6) is 6.75. The zero-order valence-electron chi connectivity index (χ0n) is 14.2. The van der Waals surface area contributed by atoms with Gasteiger partial charge in [0.2, 0.25) is 0 Å². The minimum absolute atomic E-state index is 0.172. The van der Waals surface area contributed by atoms with Gasteiger partial charge < -0.3 is 4.74 Å². The number of unbranched alkanes of at least 4 members (excludes halogenated alkanes) is 5. The van der Waals surface area contributed by atoms with Gasteiger partial charge in [-0.3, -0.25) is 11.3 Å². The molecule has 1 aromatic carbocycles. The Kier molecular flexibility index (Phi) is 8.40. The van der Waals surface area contributed by atoms with Crippen LogP contribution in [0.5, 0.6) is 5.75 Å². The van der Waals surface area contributed by atoms with Gasteiger partial charge in [-0.2, -0.15) is 0 Å². The van der Waals surface area contributed by atoms with Gasteiger partial charge in [0.25, 0.3) is 0 Å². The molecule has 0 aliphatic carbocycles. The molecule has 0 radical (unpaired) electrons. The quantitative estimate of drug-likeness (QED) is 0.377. The summed E-state index contributed by atoms with van der Waals surface area (Å²) in [4.78, 5) is 0. The Morgan fingerprint density at radius 1 is 1.10 bits per heavy atom. The molecule has 0 heterocycles. The lowest BCUT2D eigenvalue weighted by molar-refractivity contribution is 0.389. The predicted molar refractivity (Wildman–Crippen MR) is 90.5 cm³/mol. The van der Waals surface area contributed by atoms with E-state index in [4.69, 9.17) is 10.6 Å². The number of rotatable bonds is 10. The van der Waals surface area contributed by atoms with Crippen molar-refractivity contribution >= 4 is 0 Å². The summed E-state index contributed by atoms with van der Waals surface area (Å²) < 4.78 is 5.60. The van der Waals surface area contributed by atoms with Gasteiger partial charge in [-0.05, 0) is 31.4 Å². The number of aryl methyl sites for hydroxylation is 1. The lowest BCUT2D eigenvalue weighted by Gasteiger charge is -2.21. The zero-order chi connectivity index (χ0) is 15.7. The third-order valence-electron chi connectivity index (χ3n) is 4.33. The Morgan fingerprint density at radius 3 is 2.38 bits per heavy atom. The summed E-state index contributed by atoms with van der Waals surface area (Å²) in [7, 11) is 1.74. The van der Waals surface area contributed by atoms with Gasteiger partial charge in [-0.25, -0.2) is 0 Å². The van der Waals surface area contributed by atoms with Gasteiger partial charge in [0, 0.05) is 11.6 Å². The van der Waals surface area contributed by atoms with Crippen LogP contribution in [0.15, 0.2) is 12.1 Å². The highest BCUT2D eigenvalue weighted by atomic mass is 16.5. The van der Waals surface area contributed by atoms with Crippen molar-refractivity contribution < 1.29 is 4.74 Å². The average molecular weight is 292 g/mol. The number of methoxy groups -OCH3 is 1. The summed E-state index contributed by atoms with van der Waals surface area (Å²) >= 11 is 0. The minimum Gasteiger partial charge on any atom is -0.496 e. The number of nitrogens with one attached hydrogen (secondary N) is 1. The lowest BCUT2D eigenvalue weighted by Crippen LogP contribution is -2.28. The van der Waals surface area contributed by atoms with E-state index in [-0.39, 0.29) is 6.04 Å². The second-order valence-electron chi connectivity index (χ2n) is 5.91. The Labute approximate surface area is 130 Å². The first-order chi connectivity index (χ1) is 10.2. The monoisotopic (exact) mass is 292 g/mol. The van der Waals surface area contributed by atoms with Gasteiger partial charge in [-0.1, -0.05) is 57.6 Å². The Balaban J connectivity index is 2.62. The van der Waals surface area contributed by atoms with Crippen molar-refractivity contribution in [2.75, 3.05) is 7.11 Å². The molecule has 0 bridgehead atoms. The number of hydrogen-bond donors (Lipinski definition) is 2. The molecule has 1 rings (SSSR count). The minimum atomic E-state index is 0.172. The number of benzene rings is 1. The van der Waals surface area contributed by atoms with Crippen LogP contribution in [0.3, 0.4) is 0 Å². The molecule has 0 spiro atoms. The van der Waals surface area contributed by atoms with E-state index in [9.17, 15) is 0 Å². The molecule has 1 unspecified atom stereocenters. The number of nitrogens with two attached hydrogens (primary N) is 1. The smallest absolute Gasteiger partial charge is 0.126 e. The number of hydrazine groups is 1. The fraction of sp³-hybridized carbons (Fsp3) is 0.667. The molecule has 0 aromatic heterocycles. The fourth-order valence-corrected chi connectivity index (χ4v) is 2.81. The second-order valence-corrected chi connectivity index (χ2v) is 5.91. The van der Waals surface area contributed by atoms with E-state index in [0.29, 0.717) is 0 Å². The zero-order valence-corrected chi connectivity index (χ0v) is 14.2. The highest BCUT2D eigenvalue weighted by Gasteiger charge is 2.17. The SMILES string of the molecule is CCCCCCCCC(NN)c1ccc(C)c(C)c1OC. The topological polar surface area (TPSA) is 47.3 Å². The molecular formula is C18H32N2O. The molecule has 0 aliphatic heterocycles. The summed E-state index contributed by atoms with van der Waals surface area (Å²) in [6.45, 7) is 6.47. The van der Waals surface area contributed by atoms with Crippen molar-refractivity contribution in [1.82, 2.24) is 5.43 Å². The average Bonchev–Trinajstić information content (AvgIpc) is 2.50. The van der Waals surface area contributed by atoms with Gasteiger partial charge in [0.1, 0.15) is 5.75 Å². The van der Waals surface area contributed by atoms with Gasteiger partial charge in [-0.15, -0.1) is 0 Å². The van der Waals surface area contributed by atoms with Crippen molar-refractivity contribution in [3.8, 4) is 5.75 Å². The summed E-state index contributed by atoms with van der Waals surface area (Å²) in [5.41, 5.74) is 6.60. The van der Waals surface area contributed by atoms with E-state index in [1.165, 1.54) is 55.2 Å². The van der Waals surface area contributed by atoms with Crippen LogP contribution in [0.4, 0.5) is 0 Å². The van der Waals surface area contributed by atoms with Crippen molar-refractivity contribution in [2.45, 2.75) is 71.8 Å². The van der Waals surface area contributed by atoms with Gasteiger partial charge in [0.15, 0.2) is 0 Å². The van der Waals surface area contributed by atoms with Crippen molar-refractivity contribution in [3.05, 3.63) is 28.8 Å². The van der Waals surface area contributed by atoms with Crippen LogP contribution in [0, 0.1) is 13.8 Å². The highest BCUT2D eigenvalue weighted by Crippen LogP contribution is 2.32. The van der Waals surface area contributed by atoms with Crippen LogP contribution in [0.1, 0.15) is 74.6 Å². The largest absolute Gasteiger partial charge is 0.496 e. The maximum absolute atomic E-state index is 5.77. The van der Waals surface area contributed by atoms with Crippen molar-refractivity contribution in [1.29, 1.82) is 0 Å². The van der Waals surface area contributed by atoms with Crippen molar-refractivity contribution in [3.63, 3.8) is 0 Å². The standard InChI is InChI=1S/C18H32N2O/c1-5-6-7-8-9-10-11-17(20-19)16-13-12-14(2)15(3)18(16)21-4/h12-13,17,20H,5-11,19H2,1-4H3. The molecule has 3 N–H and O–H groups in total. The number of ether oxygens (including phenoxy) is 1. The van der Waals surface area contributed by atoms with Crippen LogP contribution in [-0.4, -0.2) is 7.11 Å². The molecule has 0 saturated carbocycles. The maximum Gasteiger partial charge on any atom is 0.126 e.